The lowest BCUT2D eigenvalue weighted by atomic mass is 10.2. The van der Waals surface area contributed by atoms with Gasteiger partial charge in [-0.2, -0.15) is 0 Å². The third-order valence-electron chi connectivity index (χ3n) is 2.60. The minimum atomic E-state index is 0.0145. The zero-order chi connectivity index (χ0) is 14.4. The molecule has 0 aliphatic carbocycles. The smallest absolute Gasteiger partial charge is 0.230 e. The second-order valence-electron chi connectivity index (χ2n) is 4.12. The van der Waals surface area contributed by atoms with Gasteiger partial charge in [0.15, 0.2) is 0 Å². The van der Waals surface area contributed by atoms with E-state index < -0.39 is 0 Å². The van der Waals surface area contributed by atoms with Crippen molar-refractivity contribution < 1.29 is 4.79 Å². The summed E-state index contributed by atoms with van der Waals surface area (Å²) in [6, 6.07) is 15.3. The van der Waals surface area contributed by atoms with Crippen molar-refractivity contribution in [3.05, 3.63) is 63.6 Å². The van der Waals surface area contributed by atoms with Gasteiger partial charge in [0, 0.05) is 20.9 Å². The first-order valence-electron chi connectivity index (χ1n) is 6.03. The van der Waals surface area contributed by atoms with Gasteiger partial charge < -0.3 is 5.32 Å². The van der Waals surface area contributed by atoms with Crippen LogP contribution in [-0.2, 0) is 11.3 Å². The van der Waals surface area contributed by atoms with E-state index in [0.717, 1.165) is 14.9 Å². The lowest BCUT2D eigenvalue weighted by molar-refractivity contribution is -0.118. The van der Waals surface area contributed by atoms with E-state index in [1.54, 1.807) is 0 Å². The normalized spacial score (nSPS) is 10.3. The molecule has 2 nitrogen and oxygen atoms in total. The van der Waals surface area contributed by atoms with Crippen LogP contribution in [0.15, 0.2) is 57.9 Å². The molecule has 0 saturated carbocycles. The van der Waals surface area contributed by atoms with Gasteiger partial charge >= 0.3 is 0 Å². The van der Waals surface area contributed by atoms with Gasteiger partial charge in [-0.25, -0.2) is 0 Å². The fourth-order valence-electron chi connectivity index (χ4n) is 1.56. The maximum Gasteiger partial charge on any atom is 0.230 e. The summed E-state index contributed by atoms with van der Waals surface area (Å²) in [7, 11) is 0. The number of hydrogen-bond acceptors (Lipinski definition) is 2. The van der Waals surface area contributed by atoms with Gasteiger partial charge in [0.25, 0.3) is 0 Å². The van der Waals surface area contributed by atoms with Gasteiger partial charge in [-0.1, -0.05) is 35.9 Å². The van der Waals surface area contributed by atoms with E-state index in [1.807, 2.05) is 48.5 Å². The lowest BCUT2D eigenvalue weighted by Gasteiger charge is -2.06. The topological polar surface area (TPSA) is 29.1 Å². The van der Waals surface area contributed by atoms with E-state index >= 15 is 0 Å². The summed E-state index contributed by atoms with van der Waals surface area (Å²) < 4.78 is 1.01. The van der Waals surface area contributed by atoms with Crippen molar-refractivity contribution in [3.8, 4) is 0 Å². The number of amides is 1. The van der Waals surface area contributed by atoms with Gasteiger partial charge in [0.1, 0.15) is 0 Å². The van der Waals surface area contributed by atoms with Gasteiger partial charge in [-0.15, -0.1) is 11.8 Å². The standard InChI is InChI=1S/C15H13BrClNOS/c16-13-3-1-2-4-14(13)20-10-15(19)18-9-11-5-7-12(17)8-6-11/h1-8H,9-10H2,(H,18,19). The van der Waals surface area contributed by atoms with Gasteiger partial charge in [0.2, 0.25) is 5.91 Å². The zero-order valence-electron chi connectivity index (χ0n) is 10.6. The molecule has 1 amide bonds. The van der Waals surface area contributed by atoms with Crippen LogP contribution in [0.3, 0.4) is 0 Å². The minimum Gasteiger partial charge on any atom is -0.351 e. The first kappa shape index (κ1) is 15.4. The summed E-state index contributed by atoms with van der Waals surface area (Å²) in [5.41, 5.74) is 1.04. The Kier molecular flexibility index (Phi) is 5.95. The van der Waals surface area contributed by atoms with Gasteiger partial charge in [-0.05, 0) is 45.8 Å². The minimum absolute atomic E-state index is 0.0145. The fourth-order valence-corrected chi connectivity index (χ4v) is 3.08. The van der Waals surface area contributed by atoms with Crippen molar-refractivity contribution in [2.45, 2.75) is 11.4 Å². The molecule has 0 radical (unpaired) electrons. The predicted molar refractivity (Wildman–Crippen MR) is 88.2 cm³/mol. The molecule has 0 aromatic heterocycles. The Hall–Kier alpha value is -0.970. The summed E-state index contributed by atoms with van der Waals surface area (Å²) in [5, 5.41) is 3.59. The number of thioether (sulfide) groups is 1. The van der Waals surface area contributed by atoms with Crippen LogP contribution in [0.2, 0.25) is 5.02 Å². The highest BCUT2D eigenvalue weighted by Gasteiger charge is 2.05. The number of hydrogen-bond donors (Lipinski definition) is 1. The molecular weight excluding hydrogens is 358 g/mol. The van der Waals surface area contributed by atoms with Crippen LogP contribution < -0.4 is 5.32 Å². The molecule has 0 spiro atoms. The van der Waals surface area contributed by atoms with Crippen molar-refractivity contribution >= 4 is 45.2 Å². The molecule has 0 atom stereocenters. The Labute approximate surface area is 136 Å². The van der Waals surface area contributed by atoms with Crippen LogP contribution in [-0.4, -0.2) is 11.7 Å². The van der Waals surface area contributed by atoms with Gasteiger partial charge in [0.05, 0.1) is 5.75 Å². The molecule has 0 aliphatic rings. The van der Waals surface area contributed by atoms with Crippen molar-refractivity contribution in [1.82, 2.24) is 5.32 Å². The number of carbonyl (C=O) groups excluding carboxylic acids is 1. The highest BCUT2D eigenvalue weighted by atomic mass is 79.9. The lowest BCUT2D eigenvalue weighted by Crippen LogP contribution is -2.24. The zero-order valence-corrected chi connectivity index (χ0v) is 13.8. The molecule has 0 aliphatic heterocycles. The van der Waals surface area contributed by atoms with E-state index in [9.17, 15) is 4.79 Å². The Balaban J connectivity index is 1.78. The summed E-state index contributed by atoms with van der Waals surface area (Å²) in [6.45, 7) is 0.520. The quantitative estimate of drug-likeness (QED) is 0.785. The van der Waals surface area contributed by atoms with Crippen molar-refractivity contribution in [1.29, 1.82) is 0 Å². The maximum atomic E-state index is 11.8. The molecule has 5 heteroatoms. The number of halogens is 2. The van der Waals surface area contributed by atoms with Gasteiger partial charge in [-0.3, -0.25) is 4.79 Å². The molecular formula is C15H13BrClNOS. The molecule has 2 rings (SSSR count). The summed E-state index contributed by atoms with van der Waals surface area (Å²) in [5.74, 6) is 0.414. The van der Waals surface area contributed by atoms with E-state index in [0.29, 0.717) is 17.3 Å². The molecule has 104 valence electrons. The molecule has 0 fully saturated rings. The van der Waals surface area contributed by atoms with Crippen LogP contribution in [0.5, 0.6) is 0 Å². The van der Waals surface area contributed by atoms with Crippen molar-refractivity contribution in [2.24, 2.45) is 0 Å². The first-order valence-corrected chi connectivity index (χ1v) is 8.19. The molecule has 0 saturated heterocycles. The monoisotopic (exact) mass is 369 g/mol. The fraction of sp³-hybridized carbons (Fsp3) is 0.133. The summed E-state index contributed by atoms with van der Waals surface area (Å²) in [6.07, 6.45) is 0. The maximum absolute atomic E-state index is 11.8. The Morgan fingerprint density at radius 1 is 1.15 bits per heavy atom. The van der Waals surface area contributed by atoms with E-state index in [4.69, 9.17) is 11.6 Å². The second-order valence-corrected chi connectivity index (χ2v) is 6.43. The summed E-state index contributed by atoms with van der Waals surface area (Å²) in [4.78, 5) is 12.9. The van der Waals surface area contributed by atoms with E-state index in [1.165, 1.54) is 11.8 Å². The third-order valence-corrected chi connectivity index (χ3v) is 4.88. The predicted octanol–water partition coefficient (Wildman–Crippen LogP) is 4.51. The second kappa shape index (κ2) is 7.72. The highest BCUT2D eigenvalue weighted by Crippen LogP contribution is 2.26. The number of benzene rings is 2. The van der Waals surface area contributed by atoms with Crippen molar-refractivity contribution in [2.75, 3.05) is 5.75 Å². The molecule has 20 heavy (non-hydrogen) atoms. The highest BCUT2D eigenvalue weighted by molar-refractivity contribution is 9.10. The Morgan fingerprint density at radius 3 is 2.55 bits per heavy atom. The average molecular weight is 371 g/mol. The average Bonchev–Trinajstić information content (AvgIpc) is 2.46. The number of nitrogens with one attached hydrogen (secondary N) is 1. The number of carbonyl (C=O) groups is 1. The van der Waals surface area contributed by atoms with Crippen LogP contribution in [0.1, 0.15) is 5.56 Å². The SMILES string of the molecule is O=C(CSc1ccccc1Br)NCc1ccc(Cl)cc1. The number of rotatable bonds is 5. The first-order chi connectivity index (χ1) is 9.65. The molecule has 0 bridgehead atoms. The molecule has 0 unspecified atom stereocenters. The molecule has 1 N–H and O–H groups in total. The molecule has 2 aromatic rings. The largest absolute Gasteiger partial charge is 0.351 e. The third kappa shape index (κ3) is 4.85. The Morgan fingerprint density at radius 2 is 1.85 bits per heavy atom. The van der Waals surface area contributed by atoms with Crippen LogP contribution in [0.25, 0.3) is 0 Å². The molecule has 2 aromatic carbocycles. The molecule has 0 heterocycles. The summed E-state index contributed by atoms with van der Waals surface area (Å²) >= 11 is 10.8. The van der Waals surface area contributed by atoms with Crippen LogP contribution in [0.4, 0.5) is 0 Å². The van der Waals surface area contributed by atoms with E-state index in [2.05, 4.69) is 21.2 Å². The van der Waals surface area contributed by atoms with Crippen molar-refractivity contribution in [3.63, 3.8) is 0 Å². The van der Waals surface area contributed by atoms with E-state index in [-0.39, 0.29) is 5.91 Å². The Bertz CT molecular complexity index is 589. The van der Waals surface area contributed by atoms with Crippen LogP contribution in [0, 0.1) is 0 Å². The van der Waals surface area contributed by atoms with Crippen LogP contribution >= 0.6 is 39.3 Å².